The summed E-state index contributed by atoms with van der Waals surface area (Å²) >= 11 is 0. The first-order valence-corrected chi connectivity index (χ1v) is 6.97. The molecule has 0 fully saturated rings. The molecule has 1 atom stereocenters. The average molecular weight is 294 g/mol. The number of ether oxygens (including phenoxy) is 1. The minimum absolute atomic E-state index is 0. The smallest absolute Gasteiger partial charge is 0.327 e. The van der Waals surface area contributed by atoms with Gasteiger partial charge >= 0.3 is 5.97 Å². The molecule has 0 aliphatic carbocycles. The van der Waals surface area contributed by atoms with Gasteiger partial charge in [-0.2, -0.15) is 0 Å². The fourth-order valence-corrected chi connectivity index (χ4v) is 1.92. The first-order chi connectivity index (χ1) is 7.86. The maximum Gasteiger partial charge on any atom is 0.327 e. The second-order valence-electron chi connectivity index (χ2n) is 3.57. The molecule has 0 amide bonds. The fourth-order valence-electron chi connectivity index (χ4n) is 1.29. The third kappa shape index (κ3) is 4.29. The molecule has 0 aliphatic rings. The van der Waals surface area contributed by atoms with Crippen LogP contribution in [0, 0.1) is 0 Å². The summed E-state index contributed by atoms with van der Waals surface area (Å²) in [6, 6.07) is 4.98. The normalized spacial score (nSPS) is 12.4. The van der Waals surface area contributed by atoms with E-state index in [4.69, 9.17) is 10.5 Å². The van der Waals surface area contributed by atoms with Crippen molar-refractivity contribution in [2.24, 2.45) is 5.73 Å². The number of hydrogen-bond acceptors (Lipinski definition) is 5. The molecule has 0 saturated carbocycles. The number of nitrogens with two attached hydrogens (primary N) is 1. The maximum absolute atomic E-state index is 11.4. The Hall–Kier alpha value is -1.11. The Morgan fingerprint density at radius 1 is 1.33 bits per heavy atom. The molecule has 18 heavy (non-hydrogen) atoms. The van der Waals surface area contributed by atoms with Gasteiger partial charge in [-0.3, -0.25) is 0 Å². The Labute approximate surface area is 113 Å². The lowest BCUT2D eigenvalue weighted by atomic mass is 10.1. The molecule has 0 aromatic heterocycles. The molecule has 2 N–H and O–H groups in total. The molecule has 1 unspecified atom stereocenters. The molecule has 0 radical (unpaired) electrons. The summed E-state index contributed by atoms with van der Waals surface area (Å²) in [5.74, 6) is -0.528. The Kier molecular flexibility index (Phi) is 6.31. The van der Waals surface area contributed by atoms with E-state index >= 15 is 0 Å². The summed E-state index contributed by atoms with van der Waals surface area (Å²) in [5.41, 5.74) is 6.18. The van der Waals surface area contributed by atoms with Gasteiger partial charge < -0.3 is 10.5 Å². The molecule has 0 heterocycles. The van der Waals surface area contributed by atoms with Crippen LogP contribution in [-0.2, 0) is 19.4 Å². The monoisotopic (exact) mass is 293 g/mol. The van der Waals surface area contributed by atoms with Crippen molar-refractivity contribution in [3.8, 4) is 0 Å². The molecular formula is C11H16ClNO4S. The number of esters is 1. The number of rotatable bonds is 4. The number of carbonyl (C=O) groups is 1. The van der Waals surface area contributed by atoms with Gasteiger partial charge in [0.25, 0.3) is 0 Å². The summed E-state index contributed by atoms with van der Waals surface area (Å²) in [6.07, 6.45) is 1.12. The maximum atomic E-state index is 11.4. The van der Waals surface area contributed by atoms with E-state index in [1.807, 2.05) is 0 Å². The van der Waals surface area contributed by atoms with Crippen LogP contribution in [0.3, 0.4) is 0 Å². The second-order valence-corrected chi connectivity index (χ2v) is 5.59. The van der Waals surface area contributed by atoms with E-state index in [0.29, 0.717) is 5.56 Å². The molecule has 0 aliphatic heterocycles. The predicted octanol–water partition coefficient (Wildman–Crippen LogP) is 1.07. The standard InChI is InChI=1S/C11H15NO4S.ClH/c1-3-16-11(13)10(12)8-4-6-9(7-5-8)17(2,14)15;/h4-7,10H,3,12H2,1-2H3;1H. The lowest BCUT2D eigenvalue weighted by Crippen LogP contribution is -2.23. The summed E-state index contributed by atoms with van der Waals surface area (Å²) in [5, 5.41) is 0. The lowest BCUT2D eigenvalue weighted by molar-refractivity contribution is -0.144. The topological polar surface area (TPSA) is 86.5 Å². The van der Waals surface area contributed by atoms with E-state index in [2.05, 4.69) is 0 Å². The van der Waals surface area contributed by atoms with Crippen LogP contribution < -0.4 is 5.73 Å². The van der Waals surface area contributed by atoms with Gasteiger partial charge in [0.05, 0.1) is 11.5 Å². The van der Waals surface area contributed by atoms with E-state index in [1.165, 1.54) is 24.3 Å². The number of carbonyl (C=O) groups excluding carboxylic acids is 1. The van der Waals surface area contributed by atoms with E-state index in [-0.39, 0.29) is 23.9 Å². The van der Waals surface area contributed by atoms with E-state index in [0.717, 1.165) is 6.26 Å². The molecule has 0 spiro atoms. The van der Waals surface area contributed by atoms with Gasteiger partial charge in [-0.1, -0.05) is 12.1 Å². The van der Waals surface area contributed by atoms with Gasteiger partial charge in [-0.05, 0) is 24.6 Å². The molecule has 1 aromatic rings. The van der Waals surface area contributed by atoms with E-state index in [9.17, 15) is 13.2 Å². The van der Waals surface area contributed by atoms with E-state index < -0.39 is 21.8 Å². The minimum Gasteiger partial charge on any atom is -0.465 e. The van der Waals surface area contributed by atoms with Crippen molar-refractivity contribution in [1.82, 2.24) is 0 Å². The van der Waals surface area contributed by atoms with Gasteiger partial charge in [0.15, 0.2) is 9.84 Å². The zero-order valence-electron chi connectivity index (χ0n) is 10.1. The summed E-state index contributed by atoms with van der Waals surface area (Å²) in [4.78, 5) is 11.6. The lowest BCUT2D eigenvalue weighted by Gasteiger charge is -2.11. The molecule has 102 valence electrons. The summed E-state index contributed by atoms with van der Waals surface area (Å²) < 4.78 is 27.2. The number of hydrogen-bond donors (Lipinski definition) is 1. The van der Waals surface area contributed by atoms with Gasteiger partial charge in [0.1, 0.15) is 6.04 Å². The van der Waals surface area contributed by atoms with Crippen LogP contribution in [0.4, 0.5) is 0 Å². The predicted molar refractivity (Wildman–Crippen MR) is 70.4 cm³/mol. The SMILES string of the molecule is CCOC(=O)C(N)c1ccc(S(C)(=O)=O)cc1.Cl. The van der Waals surface area contributed by atoms with Crippen LogP contribution in [0.2, 0.25) is 0 Å². The third-order valence-corrected chi connectivity index (χ3v) is 3.34. The Balaban J connectivity index is 0.00000289. The molecule has 1 aromatic carbocycles. The molecule has 0 saturated heterocycles. The van der Waals surface area contributed by atoms with Crippen molar-refractivity contribution < 1.29 is 17.9 Å². The van der Waals surface area contributed by atoms with Crippen LogP contribution in [0.1, 0.15) is 18.5 Å². The molecule has 5 nitrogen and oxygen atoms in total. The van der Waals surface area contributed by atoms with Crippen molar-refractivity contribution in [2.75, 3.05) is 12.9 Å². The highest BCUT2D eigenvalue weighted by Crippen LogP contribution is 2.15. The zero-order chi connectivity index (χ0) is 13.1. The van der Waals surface area contributed by atoms with Crippen LogP contribution in [-0.4, -0.2) is 27.2 Å². The fraction of sp³-hybridized carbons (Fsp3) is 0.364. The second kappa shape index (κ2) is 6.72. The first kappa shape index (κ1) is 16.9. The minimum atomic E-state index is -3.23. The highest BCUT2D eigenvalue weighted by molar-refractivity contribution is 7.90. The van der Waals surface area contributed by atoms with Gasteiger partial charge in [0, 0.05) is 6.26 Å². The number of sulfone groups is 1. The van der Waals surface area contributed by atoms with E-state index in [1.54, 1.807) is 6.92 Å². The molecule has 7 heteroatoms. The van der Waals surface area contributed by atoms with Crippen molar-refractivity contribution in [3.63, 3.8) is 0 Å². The molecule has 1 rings (SSSR count). The van der Waals surface area contributed by atoms with Gasteiger partial charge in [-0.25, -0.2) is 13.2 Å². The largest absolute Gasteiger partial charge is 0.465 e. The average Bonchev–Trinajstić information content (AvgIpc) is 2.27. The highest BCUT2D eigenvalue weighted by Gasteiger charge is 2.17. The number of halogens is 1. The van der Waals surface area contributed by atoms with Crippen molar-refractivity contribution in [1.29, 1.82) is 0 Å². The quantitative estimate of drug-likeness (QED) is 0.839. The van der Waals surface area contributed by atoms with Crippen LogP contribution in [0.5, 0.6) is 0 Å². The summed E-state index contributed by atoms with van der Waals surface area (Å²) in [7, 11) is -3.23. The zero-order valence-corrected chi connectivity index (χ0v) is 11.8. The van der Waals surface area contributed by atoms with Gasteiger partial charge in [0.2, 0.25) is 0 Å². The van der Waals surface area contributed by atoms with Crippen LogP contribution in [0.25, 0.3) is 0 Å². The van der Waals surface area contributed by atoms with Gasteiger partial charge in [-0.15, -0.1) is 12.4 Å². The summed E-state index contributed by atoms with van der Waals surface area (Å²) in [6.45, 7) is 1.95. The Morgan fingerprint density at radius 3 is 2.22 bits per heavy atom. The van der Waals surface area contributed by atoms with Crippen molar-refractivity contribution in [2.45, 2.75) is 17.9 Å². The molecular weight excluding hydrogens is 278 g/mol. The van der Waals surface area contributed by atoms with Crippen LogP contribution in [0.15, 0.2) is 29.2 Å². The Bertz CT molecular complexity index is 498. The Morgan fingerprint density at radius 2 is 1.83 bits per heavy atom. The van der Waals surface area contributed by atoms with Crippen LogP contribution >= 0.6 is 12.4 Å². The third-order valence-electron chi connectivity index (χ3n) is 2.21. The molecule has 0 bridgehead atoms. The highest BCUT2D eigenvalue weighted by atomic mass is 35.5. The van der Waals surface area contributed by atoms with Crippen molar-refractivity contribution in [3.05, 3.63) is 29.8 Å². The number of benzene rings is 1. The first-order valence-electron chi connectivity index (χ1n) is 5.08. The van der Waals surface area contributed by atoms with Crippen molar-refractivity contribution >= 4 is 28.2 Å².